The average molecular weight is 361 g/mol. The molecule has 5 nitrogen and oxygen atoms in total. The van der Waals surface area contributed by atoms with Crippen LogP contribution in [0.3, 0.4) is 0 Å². The van der Waals surface area contributed by atoms with Gasteiger partial charge in [0.2, 0.25) is 5.91 Å². The van der Waals surface area contributed by atoms with Crippen molar-refractivity contribution in [1.82, 2.24) is 9.88 Å². The Morgan fingerprint density at radius 2 is 1.96 bits per heavy atom. The Morgan fingerprint density at radius 1 is 1.24 bits per heavy atom. The molecule has 1 amide bonds. The van der Waals surface area contributed by atoms with E-state index in [0.29, 0.717) is 43.9 Å². The number of aryl methyl sites for hydroxylation is 1. The Kier molecular flexibility index (Phi) is 5.13. The van der Waals surface area contributed by atoms with Crippen LogP contribution in [0.2, 0.25) is 0 Å². The highest BCUT2D eigenvalue weighted by atomic mass is 32.1. The molecule has 0 atom stereocenters. The summed E-state index contributed by atoms with van der Waals surface area (Å²) in [5, 5.41) is 2.87. The molecule has 0 N–H and O–H groups in total. The molecule has 3 rings (SSSR count). The van der Waals surface area contributed by atoms with E-state index in [9.17, 15) is 14.0 Å². The van der Waals surface area contributed by atoms with Gasteiger partial charge in [0.1, 0.15) is 5.82 Å². The lowest BCUT2D eigenvalue weighted by atomic mass is 10.1. The van der Waals surface area contributed by atoms with Crippen LogP contribution in [-0.4, -0.2) is 47.8 Å². The van der Waals surface area contributed by atoms with E-state index >= 15 is 0 Å². The zero-order chi connectivity index (χ0) is 18.0. The minimum Gasteiger partial charge on any atom is -0.366 e. The maximum Gasteiger partial charge on any atom is 0.228 e. The lowest BCUT2D eigenvalue weighted by Crippen LogP contribution is -2.49. The second-order valence-electron chi connectivity index (χ2n) is 6.12. The van der Waals surface area contributed by atoms with Gasteiger partial charge in [-0.25, -0.2) is 9.37 Å². The lowest BCUT2D eigenvalue weighted by Gasteiger charge is -2.36. The Hall–Kier alpha value is -2.28. The van der Waals surface area contributed by atoms with Crippen LogP contribution in [0.15, 0.2) is 23.6 Å². The minimum absolute atomic E-state index is 0.0531. The molecule has 1 aromatic carbocycles. The van der Waals surface area contributed by atoms with Crippen LogP contribution >= 0.6 is 11.3 Å². The number of nitrogens with zero attached hydrogens (tertiary/aromatic N) is 3. The normalized spacial score (nSPS) is 14.7. The van der Waals surface area contributed by atoms with Gasteiger partial charge in [-0.2, -0.15) is 0 Å². The number of amides is 1. The Labute approximate surface area is 150 Å². The Balaban J connectivity index is 1.60. The first-order valence-corrected chi connectivity index (χ1v) is 9.06. The number of anilines is 1. The van der Waals surface area contributed by atoms with E-state index in [4.69, 9.17) is 0 Å². The summed E-state index contributed by atoms with van der Waals surface area (Å²) in [6, 6.07) is 4.56. The third-order valence-corrected chi connectivity index (χ3v) is 5.15. The fraction of sp³-hybridized carbons (Fsp3) is 0.389. The molecule has 0 aliphatic carbocycles. The second kappa shape index (κ2) is 7.31. The van der Waals surface area contributed by atoms with Gasteiger partial charge in [0.15, 0.2) is 5.78 Å². The molecule has 0 bridgehead atoms. The molecule has 0 radical (unpaired) electrons. The van der Waals surface area contributed by atoms with Gasteiger partial charge >= 0.3 is 0 Å². The van der Waals surface area contributed by atoms with Gasteiger partial charge in [0.25, 0.3) is 0 Å². The zero-order valence-corrected chi connectivity index (χ0v) is 15.1. The molecule has 0 unspecified atom stereocenters. The van der Waals surface area contributed by atoms with Crippen molar-refractivity contribution >= 4 is 28.7 Å². The number of halogens is 1. The number of aromatic nitrogens is 1. The number of rotatable bonds is 4. The van der Waals surface area contributed by atoms with E-state index in [1.165, 1.54) is 24.3 Å². The Morgan fingerprint density at radius 3 is 2.52 bits per heavy atom. The molecule has 2 aromatic rings. The van der Waals surface area contributed by atoms with Crippen LogP contribution < -0.4 is 4.90 Å². The van der Waals surface area contributed by atoms with Crippen molar-refractivity contribution in [3.05, 3.63) is 45.7 Å². The van der Waals surface area contributed by atoms with Gasteiger partial charge < -0.3 is 9.80 Å². The van der Waals surface area contributed by atoms with Gasteiger partial charge in [0.05, 0.1) is 22.8 Å². The summed E-state index contributed by atoms with van der Waals surface area (Å²) in [7, 11) is 0. The number of carbonyl (C=O) groups excluding carboxylic acids is 2. The van der Waals surface area contributed by atoms with Gasteiger partial charge in [-0.05, 0) is 32.0 Å². The van der Waals surface area contributed by atoms with E-state index < -0.39 is 5.82 Å². The Bertz CT molecular complexity index is 797. The monoisotopic (exact) mass is 361 g/mol. The summed E-state index contributed by atoms with van der Waals surface area (Å²) in [5.74, 6) is -0.499. The van der Waals surface area contributed by atoms with E-state index in [1.54, 1.807) is 17.0 Å². The molecule has 132 valence electrons. The van der Waals surface area contributed by atoms with Crippen LogP contribution in [-0.2, 0) is 11.2 Å². The van der Waals surface area contributed by atoms with Crippen molar-refractivity contribution in [1.29, 1.82) is 0 Å². The molecule has 0 spiro atoms. The maximum absolute atomic E-state index is 14.3. The summed E-state index contributed by atoms with van der Waals surface area (Å²) in [4.78, 5) is 31.7. The molecule has 1 aromatic heterocycles. The fourth-order valence-electron chi connectivity index (χ4n) is 2.94. The van der Waals surface area contributed by atoms with E-state index in [2.05, 4.69) is 4.98 Å². The summed E-state index contributed by atoms with van der Waals surface area (Å²) in [6.45, 7) is 5.58. The van der Waals surface area contributed by atoms with Crippen LogP contribution in [0.4, 0.5) is 10.1 Å². The highest BCUT2D eigenvalue weighted by Gasteiger charge is 2.23. The highest BCUT2D eigenvalue weighted by Crippen LogP contribution is 2.22. The van der Waals surface area contributed by atoms with E-state index in [1.807, 2.05) is 17.2 Å². The van der Waals surface area contributed by atoms with Crippen LogP contribution in [0.1, 0.15) is 28.0 Å². The molecule has 1 fully saturated rings. The average Bonchev–Trinajstić information content (AvgIpc) is 2.99. The number of benzene rings is 1. The van der Waals surface area contributed by atoms with Crippen molar-refractivity contribution < 1.29 is 14.0 Å². The van der Waals surface area contributed by atoms with Crippen molar-refractivity contribution in [2.75, 3.05) is 31.1 Å². The van der Waals surface area contributed by atoms with Crippen molar-refractivity contribution in [3.63, 3.8) is 0 Å². The van der Waals surface area contributed by atoms with Gasteiger partial charge in [-0.1, -0.05) is 0 Å². The van der Waals surface area contributed by atoms with Crippen molar-refractivity contribution in [3.8, 4) is 0 Å². The molecule has 25 heavy (non-hydrogen) atoms. The molecule has 1 aliphatic rings. The summed E-state index contributed by atoms with van der Waals surface area (Å²) < 4.78 is 14.3. The third kappa shape index (κ3) is 4.04. The highest BCUT2D eigenvalue weighted by molar-refractivity contribution is 7.09. The lowest BCUT2D eigenvalue weighted by molar-refractivity contribution is -0.130. The van der Waals surface area contributed by atoms with Crippen LogP contribution in [0.25, 0.3) is 0 Å². The van der Waals surface area contributed by atoms with Crippen LogP contribution in [0, 0.1) is 12.7 Å². The molecular formula is C18H20FN3O2S. The summed E-state index contributed by atoms with van der Waals surface area (Å²) >= 11 is 1.54. The number of carbonyl (C=O) groups is 2. The number of piperazine rings is 1. The zero-order valence-electron chi connectivity index (χ0n) is 14.3. The predicted molar refractivity (Wildman–Crippen MR) is 95.8 cm³/mol. The molecule has 7 heteroatoms. The standard InChI is InChI=1S/C18H20FN3O2S/c1-12(23)14-3-4-17(16(19)9-14)21-5-7-22(8-6-21)18(24)10-15-11-25-13(2)20-15/h3-4,9,11H,5-8,10H2,1-2H3. The first-order valence-electron chi connectivity index (χ1n) is 8.18. The third-order valence-electron chi connectivity index (χ3n) is 4.33. The molecule has 2 heterocycles. The second-order valence-corrected chi connectivity index (χ2v) is 7.19. The van der Waals surface area contributed by atoms with Crippen molar-refractivity contribution in [2.24, 2.45) is 0 Å². The van der Waals surface area contributed by atoms with Crippen LogP contribution in [0.5, 0.6) is 0 Å². The van der Waals surface area contributed by atoms with Gasteiger partial charge in [-0.15, -0.1) is 11.3 Å². The first-order chi connectivity index (χ1) is 11.9. The summed E-state index contributed by atoms with van der Waals surface area (Å²) in [6.07, 6.45) is 0.312. The molecular weight excluding hydrogens is 341 g/mol. The molecule has 1 aliphatic heterocycles. The largest absolute Gasteiger partial charge is 0.366 e. The van der Waals surface area contributed by atoms with Gasteiger partial charge in [-0.3, -0.25) is 9.59 Å². The number of hydrogen-bond donors (Lipinski definition) is 0. The number of hydrogen-bond acceptors (Lipinski definition) is 5. The topological polar surface area (TPSA) is 53.5 Å². The van der Waals surface area contributed by atoms with E-state index in [0.717, 1.165) is 10.7 Å². The molecule has 0 saturated carbocycles. The van der Waals surface area contributed by atoms with E-state index in [-0.39, 0.29) is 11.7 Å². The number of Topliss-reactive ketones (excluding diaryl/α,β-unsaturated/α-hetero) is 1. The summed E-state index contributed by atoms with van der Waals surface area (Å²) in [5.41, 5.74) is 1.65. The smallest absolute Gasteiger partial charge is 0.228 e. The first kappa shape index (κ1) is 17.5. The maximum atomic E-state index is 14.3. The number of thiazole rings is 1. The van der Waals surface area contributed by atoms with Crippen molar-refractivity contribution in [2.45, 2.75) is 20.3 Å². The fourth-order valence-corrected chi connectivity index (χ4v) is 3.55. The predicted octanol–water partition coefficient (Wildman–Crippen LogP) is 2.68. The molecule has 1 saturated heterocycles. The minimum atomic E-state index is -0.398. The number of ketones is 1. The SMILES string of the molecule is CC(=O)c1ccc(N2CCN(C(=O)Cc3csc(C)n3)CC2)c(F)c1. The quantitative estimate of drug-likeness (QED) is 0.786. The van der Waals surface area contributed by atoms with Gasteiger partial charge in [0, 0.05) is 37.1 Å².